The van der Waals surface area contributed by atoms with Crippen LogP contribution in [0.5, 0.6) is 0 Å². The number of hydrogen-bond acceptors (Lipinski definition) is 2. The lowest BCUT2D eigenvalue weighted by molar-refractivity contribution is -0.127. The van der Waals surface area contributed by atoms with Gasteiger partial charge in [-0.3, -0.25) is 9.59 Å². The van der Waals surface area contributed by atoms with E-state index in [0.717, 1.165) is 16.3 Å². The van der Waals surface area contributed by atoms with E-state index in [1.54, 1.807) is 0 Å². The maximum Gasteiger partial charge on any atom is 0.240 e. The standard InChI is InChI=1S/C18H22N2O2/c1-12(2)10-17(21)20-16(18(19)22)11-14-8-5-7-13-6-3-4-9-15(13)14/h3-9,12,16H,10-11H2,1-2H3,(H2,19,22)(H,20,21)/t16-/m0/s1. The van der Waals surface area contributed by atoms with Crippen LogP contribution in [0.25, 0.3) is 10.8 Å². The Bertz CT molecular complexity index is 674. The Labute approximate surface area is 130 Å². The van der Waals surface area contributed by atoms with Crippen molar-refractivity contribution in [2.45, 2.75) is 32.7 Å². The first-order valence-corrected chi connectivity index (χ1v) is 7.52. The third-order valence-electron chi connectivity index (χ3n) is 3.58. The predicted molar refractivity (Wildman–Crippen MR) is 88.2 cm³/mol. The minimum atomic E-state index is -0.683. The lowest BCUT2D eigenvalue weighted by atomic mass is 9.98. The molecule has 0 heterocycles. The third-order valence-corrected chi connectivity index (χ3v) is 3.58. The molecule has 1 atom stereocenters. The summed E-state index contributed by atoms with van der Waals surface area (Å²) in [5.41, 5.74) is 6.46. The summed E-state index contributed by atoms with van der Waals surface area (Å²) in [6, 6.07) is 13.2. The predicted octanol–water partition coefficient (Wildman–Crippen LogP) is 2.40. The smallest absolute Gasteiger partial charge is 0.240 e. The van der Waals surface area contributed by atoms with Crippen molar-refractivity contribution in [3.8, 4) is 0 Å². The summed E-state index contributed by atoms with van der Waals surface area (Å²) >= 11 is 0. The van der Waals surface area contributed by atoms with Gasteiger partial charge in [0.1, 0.15) is 6.04 Å². The normalized spacial score (nSPS) is 12.3. The van der Waals surface area contributed by atoms with Gasteiger partial charge in [-0.25, -0.2) is 0 Å². The van der Waals surface area contributed by atoms with Crippen molar-refractivity contribution in [2.75, 3.05) is 0 Å². The SMILES string of the molecule is CC(C)CC(=O)N[C@@H](Cc1cccc2ccccc12)C(N)=O. The number of primary amides is 1. The van der Waals surface area contributed by atoms with Crippen molar-refractivity contribution in [1.82, 2.24) is 5.32 Å². The van der Waals surface area contributed by atoms with Crippen molar-refractivity contribution in [2.24, 2.45) is 11.7 Å². The van der Waals surface area contributed by atoms with Crippen molar-refractivity contribution in [3.63, 3.8) is 0 Å². The first-order chi connectivity index (χ1) is 10.5. The number of nitrogens with one attached hydrogen (secondary N) is 1. The molecule has 0 aromatic heterocycles. The van der Waals surface area contributed by atoms with Gasteiger partial charge in [-0.05, 0) is 22.3 Å². The minimum absolute atomic E-state index is 0.140. The summed E-state index contributed by atoms with van der Waals surface area (Å²) in [4.78, 5) is 23.6. The number of benzene rings is 2. The third kappa shape index (κ3) is 4.07. The van der Waals surface area contributed by atoms with Crippen LogP contribution >= 0.6 is 0 Å². The quantitative estimate of drug-likeness (QED) is 0.859. The summed E-state index contributed by atoms with van der Waals surface area (Å²) in [5.74, 6) is -0.407. The Kier molecular flexibility index (Phi) is 5.15. The Hall–Kier alpha value is -2.36. The Morgan fingerprint density at radius 1 is 1.09 bits per heavy atom. The number of carbonyl (C=O) groups excluding carboxylic acids is 2. The van der Waals surface area contributed by atoms with Crippen LogP contribution in [0.1, 0.15) is 25.8 Å². The van der Waals surface area contributed by atoms with Gasteiger partial charge < -0.3 is 11.1 Å². The molecule has 2 rings (SSSR count). The van der Waals surface area contributed by atoms with Gasteiger partial charge in [-0.1, -0.05) is 56.3 Å². The number of carbonyl (C=O) groups is 2. The minimum Gasteiger partial charge on any atom is -0.368 e. The number of hydrogen-bond donors (Lipinski definition) is 2. The number of rotatable bonds is 6. The largest absolute Gasteiger partial charge is 0.368 e. The van der Waals surface area contributed by atoms with Crippen LogP contribution in [0.4, 0.5) is 0 Å². The number of amides is 2. The lowest BCUT2D eigenvalue weighted by Gasteiger charge is -2.17. The van der Waals surface area contributed by atoms with Crippen LogP contribution in [0.15, 0.2) is 42.5 Å². The molecule has 116 valence electrons. The van der Waals surface area contributed by atoms with Gasteiger partial charge in [0.2, 0.25) is 11.8 Å². The second-order valence-electron chi connectivity index (χ2n) is 5.96. The second-order valence-corrected chi connectivity index (χ2v) is 5.96. The molecule has 0 aliphatic carbocycles. The highest BCUT2D eigenvalue weighted by atomic mass is 16.2. The van der Waals surface area contributed by atoms with Gasteiger partial charge in [-0.2, -0.15) is 0 Å². The summed E-state index contributed by atoms with van der Waals surface area (Å²) < 4.78 is 0. The fraction of sp³-hybridized carbons (Fsp3) is 0.333. The molecule has 0 radical (unpaired) electrons. The zero-order chi connectivity index (χ0) is 16.1. The van der Waals surface area contributed by atoms with Crippen LogP contribution in [0, 0.1) is 5.92 Å². The molecule has 0 aliphatic heterocycles. The molecule has 0 unspecified atom stereocenters. The molecule has 22 heavy (non-hydrogen) atoms. The molecule has 0 spiro atoms. The molecule has 2 aromatic rings. The fourth-order valence-electron chi connectivity index (χ4n) is 2.54. The first-order valence-electron chi connectivity index (χ1n) is 7.52. The molecular formula is C18H22N2O2. The van der Waals surface area contributed by atoms with Gasteiger partial charge >= 0.3 is 0 Å². The molecule has 0 saturated heterocycles. The number of fused-ring (bicyclic) bond motifs is 1. The zero-order valence-corrected chi connectivity index (χ0v) is 13.0. The molecule has 4 heteroatoms. The van der Waals surface area contributed by atoms with Crippen molar-refractivity contribution < 1.29 is 9.59 Å². The maximum absolute atomic E-state index is 11.9. The van der Waals surface area contributed by atoms with Gasteiger partial charge in [0.15, 0.2) is 0 Å². The average molecular weight is 298 g/mol. The van der Waals surface area contributed by atoms with Crippen LogP contribution in [-0.4, -0.2) is 17.9 Å². The van der Waals surface area contributed by atoms with Gasteiger partial charge in [0.25, 0.3) is 0 Å². The summed E-state index contributed by atoms with van der Waals surface area (Å²) in [5, 5.41) is 4.93. The van der Waals surface area contributed by atoms with E-state index in [9.17, 15) is 9.59 Å². The topological polar surface area (TPSA) is 72.2 Å². The molecule has 3 N–H and O–H groups in total. The maximum atomic E-state index is 11.9. The summed E-state index contributed by atoms with van der Waals surface area (Å²) in [6.45, 7) is 3.92. The van der Waals surface area contributed by atoms with E-state index in [2.05, 4.69) is 5.32 Å². The van der Waals surface area contributed by atoms with E-state index >= 15 is 0 Å². The van der Waals surface area contributed by atoms with Gasteiger partial charge in [0, 0.05) is 12.8 Å². The van der Waals surface area contributed by atoms with E-state index in [-0.39, 0.29) is 11.8 Å². The Morgan fingerprint density at radius 3 is 2.45 bits per heavy atom. The Morgan fingerprint density at radius 2 is 1.77 bits per heavy atom. The zero-order valence-electron chi connectivity index (χ0n) is 13.0. The summed E-state index contributed by atoms with van der Waals surface area (Å²) in [7, 11) is 0. The van der Waals surface area contributed by atoms with E-state index in [4.69, 9.17) is 5.73 Å². The van der Waals surface area contributed by atoms with E-state index in [0.29, 0.717) is 12.8 Å². The van der Waals surface area contributed by atoms with Crippen molar-refractivity contribution in [3.05, 3.63) is 48.0 Å². The highest BCUT2D eigenvalue weighted by Crippen LogP contribution is 2.19. The first kappa shape index (κ1) is 16.0. The molecule has 0 fully saturated rings. The van der Waals surface area contributed by atoms with Crippen LogP contribution in [0.3, 0.4) is 0 Å². The molecule has 2 amide bonds. The second kappa shape index (κ2) is 7.07. The lowest BCUT2D eigenvalue weighted by Crippen LogP contribution is -2.46. The van der Waals surface area contributed by atoms with Crippen LogP contribution < -0.4 is 11.1 Å². The van der Waals surface area contributed by atoms with Crippen LogP contribution in [-0.2, 0) is 16.0 Å². The number of nitrogens with two attached hydrogens (primary N) is 1. The summed E-state index contributed by atoms with van der Waals surface area (Å²) in [6.07, 6.45) is 0.792. The van der Waals surface area contributed by atoms with Crippen LogP contribution in [0.2, 0.25) is 0 Å². The molecule has 0 saturated carbocycles. The molecule has 0 aliphatic rings. The van der Waals surface area contributed by atoms with E-state index in [1.807, 2.05) is 56.3 Å². The average Bonchev–Trinajstić information content (AvgIpc) is 2.46. The highest BCUT2D eigenvalue weighted by Gasteiger charge is 2.19. The monoisotopic (exact) mass is 298 g/mol. The molecule has 0 bridgehead atoms. The molecule has 2 aromatic carbocycles. The molecule has 4 nitrogen and oxygen atoms in total. The fourth-order valence-corrected chi connectivity index (χ4v) is 2.54. The highest BCUT2D eigenvalue weighted by molar-refractivity contribution is 5.89. The van der Waals surface area contributed by atoms with Gasteiger partial charge in [-0.15, -0.1) is 0 Å². The van der Waals surface area contributed by atoms with E-state index < -0.39 is 11.9 Å². The van der Waals surface area contributed by atoms with Crippen molar-refractivity contribution >= 4 is 22.6 Å². The van der Waals surface area contributed by atoms with E-state index in [1.165, 1.54) is 0 Å². The Balaban J connectivity index is 2.20. The molecular weight excluding hydrogens is 276 g/mol. The van der Waals surface area contributed by atoms with Gasteiger partial charge in [0.05, 0.1) is 0 Å². The van der Waals surface area contributed by atoms with Crippen molar-refractivity contribution in [1.29, 1.82) is 0 Å².